The van der Waals surface area contributed by atoms with Gasteiger partial charge in [-0.1, -0.05) is 30.4 Å². The molecular formula is C30H35F3O. The summed E-state index contributed by atoms with van der Waals surface area (Å²) in [6.07, 6.45) is 13.0. The number of rotatable bonds is 7. The van der Waals surface area contributed by atoms with Crippen molar-refractivity contribution in [3.63, 3.8) is 0 Å². The van der Waals surface area contributed by atoms with Gasteiger partial charge < -0.3 is 4.74 Å². The summed E-state index contributed by atoms with van der Waals surface area (Å²) in [6.45, 7) is 6.23. The molecule has 0 aliphatic heterocycles. The molecule has 182 valence electrons. The Kier molecular flexibility index (Phi) is 8.18. The first-order valence-corrected chi connectivity index (χ1v) is 12.7. The van der Waals surface area contributed by atoms with Crippen molar-refractivity contribution in [1.82, 2.24) is 0 Å². The molecule has 2 aliphatic carbocycles. The minimum absolute atomic E-state index is 0.0342. The molecule has 0 heterocycles. The van der Waals surface area contributed by atoms with Crippen LogP contribution in [0.2, 0.25) is 0 Å². The zero-order valence-corrected chi connectivity index (χ0v) is 20.0. The standard InChI is InChI=1S/C30H35F3O/c1-3-20-5-10-22(11-6-20)26-17-18-27(30(33)29(26)32)23-12-7-21(8-13-23)9-14-24-15-16-25(34-4-2)19-28(24)31/h3,9,14-23H,1,4-8,10-13H2,2H3/b14-9+. The van der Waals surface area contributed by atoms with Gasteiger partial charge >= 0.3 is 0 Å². The van der Waals surface area contributed by atoms with Crippen LogP contribution in [0.4, 0.5) is 13.2 Å². The zero-order valence-electron chi connectivity index (χ0n) is 20.0. The van der Waals surface area contributed by atoms with Crippen molar-refractivity contribution >= 4 is 6.08 Å². The number of benzene rings is 2. The average Bonchev–Trinajstić information content (AvgIpc) is 2.86. The van der Waals surface area contributed by atoms with Crippen LogP contribution in [-0.4, -0.2) is 6.61 Å². The zero-order chi connectivity index (χ0) is 24.1. The molecule has 2 saturated carbocycles. The van der Waals surface area contributed by atoms with E-state index < -0.39 is 11.6 Å². The molecule has 1 nitrogen and oxygen atoms in total. The third-order valence-electron chi connectivity index (χ3n) is 7.73. The fraction of sp³-hybridized carbons (Fsp3) is 0.467. The molecule has 34 heavy (non-hydrogen) atoms. The highest BCUT2D eigenvalue weighted by Gasteiger charge is 2.28. The van der Waals surface area contributed by atoms with Crippen molar-refractivity contribution < 1.29 is 17.9 Å². The molecule has 4 heteroatoms. The smallest absolute Gasteiger partial charge is 0.162 e. The second-order valence-corrected chi connectivity index (χ2v) is 9.81. The number of allylic oxidation sites excluding steroid dienone is 2. The van der Waals surface area contributed by atoms with Crippen LogP contribution < -0.4 is 4.74 Å². The van der Waals surface area contributed by atoms with Crippen molar-refractivity contribution in [3.05, 3.63) is 83.2 Å². The summed E-state index contributed by atoms with van der Waals surface area (Å²) in [4.78, 5) is 0. The van der Waals surface area contributed by atoms with Gasteiger partial charge in [0.1, 0.15) is 11.6 Å². The lowest BCUT2D eigenvalue weighted by Crippen LogP contribution is -2.16. The van der Waals surface area contributed by atoms with Crippen molar-refractivity contribution in [2.75, 3.05) is 6.61 Å². The lowest BCUT2D eigenvalue weighted by molar-refractivity contribution is 0.338. The van der Waals surface area contributed by atoms with E-state index in [0.29, 0.717) is 40.9 Å². The highest BCUT2D eigenvalue weighted by Crippen LogP contribution is 2.41. The van der Waals surface area contributed by atoms with Crippen LogP contribution in [0.25, 0.3) is 6.08 Å². The Morgan fingerprint density at radius 2 is 1.38 bits per heavy atom. The van der Waals surface area contributed by atoms with E-state index in [1.807, 2.05) is 31.2 Å². The maximum atomic E-state index is 15.1. The molecule has 2 fully saturated rings. The van der Waals surface area contributed by atoms with Crippen molar-refractivity contribution in [2.24, 2.45) is 11.8 Å². The van der Waals surface area contributed by atoms with Crippen molar-refractivity contribution in [2.45, 2.75) is 70.1 Å². The SMILES string of the molecule is C=CC1CCC(c2ccc(C3CCC(/C=C/c4ccc(OCC)cc4F)CC3)c(F)c2F)CC1. The molecule has 2 aromatic rings. The van der Waals surface area contributed by atoms with E-state index in [-0.39, 0.29) is 17.7 Å². The Hall–Kier alpha value is -2.49. The van der Waals surface area contributed by atoms with Gasteiger partial charge in [-0.05, 0) is 105 Å². The summed E-state index contributed by atoms with van der Waals surface area (Å²) in [6, 6.07) is 8.56. The Morgan fingerprint density at radius 1 is 0.824 bits per heavy atom. The Morgan fingerprint density at radius 3 is 1.88 bits per heavy atom. The van der Waals surface area contributed by atoms with Crippen LogP contribution in [0, 0.1) is 29.3 Å². The number of ether oxygens (including phenoxy) is 1. The van der Waals surface area contributed by atoms with E-state index in [2.05, 4.69) is 12.7 Å². The first kappa shape index (κ1) is 24.6. The summed E-state index contributed by atoms with van der Waals surface area (Å²) < 4.78 is 49.7. The molecule has 0 saturated heterocycles. The van der Waals surface area contributed by atoms with E-state index in [9.17, 15) is 4.39 Å². The van der Waals surface area contributed by atoms with Gasteiger partial charge in [0.2, 0.25) is 0 Å². The fourth-order valence-electron chi connectivity index (χ4n) is 5.64. The summed E-state index contributed by atoms with van der Waals surface area (Å²) in [7, 11) is 0. The highest BCUT2D eigenvalue weighted by atomic mass is 19.2. The molecule has 0 unspecified atom stereocenters. The number of halogens is 3. The fourth-order valence-corrected chi connectivity index (χ4v) is 5.64. The first-order chi connectivity index (χ1) is 16.5. The summed E-state index contributed by atoms with van der Waals surface area (Å²) in [5, 5.41) is 0. The molecule has 0 N–H and O–H groups in total. The maximum absolute atomic E-state index is 15.1. The Balaban J connectivity index is 1.36. The Bertz CT molecular complexity index is 1010. The summed E-state index contributed by atoms with van der Waals surface area (Å²) >= 11 is 0. The van der Waals surface area contributed by atoms with Gasteiger partial charge in [-0.25, -0.2) is 13.2 Å². The topological polar surface area (TPSA) is 9.23 Å². The van der Waals surface area contributed by atoms with Crippen LogP contribution >= 0.6 is 0 Å². The third kappa shape index (κ3) is 5.59. The molecular weight excluding hydrogens is 433 g/mol. The molecule has 4 rings (SSSR count). The molecule has 0 radical (unpaired) electrons. The minimum Gasteiger partial charge on any atom is -0.494 e. The quantitative estimate of drug-likeness (QED) is 0.369. The predicted octanol–water partition coefficient (Wildman–Crippen LogP) is 8.95. The molecule has 0 atom stereocenters. The molecule has 0 spiro atoms. The van der Waals surface area contributed by atoms with Crippen LogP contribution in [0.3, 0.4) is 0 Å². The Labute approximate surface area is 201 Å². The van der Waals surface area contributed by atoms with E-state index in [1.54, 1.807) is 12.1 Å². The van der Waals surface area contributed by atoms with E-state index in [0.717, 1.165) is 51.4 Å². The van der Waals surface area contributed by atoms with Crippen LogP contribution in [-0.2, 0) is 0 Å². The van der Waals surface area contributed by atoms with Crippen LogP contribution in [0.5, 0.6) is 5.75 Å². The van der Waals surface area contributed by atoms with Gasteiger partial charge in [-0.3, -0.25) is 0 Å². The van der Waals surface area contributed by atoms with Crippen LogP contribution in [0.15, 0.2) is 49.1 Å². The second kappa shape index (κ2) is 11.3. The van der Waals surface area contributed by atoms with Crippen LogP contribution in [0.1, 0.15) is 86.8 Å². The predicted molar refractivity (Wildman–Crippen MR) is 133 cm³/mol. The van der Waals surface area contributed by atoms with Gasteiger partial charge in [0, 0.05) is 11.6 Å². The van der Waals surface area contributed by atoms with Gasteiger partial charge in [-0.2, -0.15) is 0 Å². The van der Waals surface area contributed by atoms with E-state index in [4.69, 9.17) is 4.74 Å². The minimum atomic E-state index is -0.654. The van der Waals surface area contributed by atoms with Gasteiger partial charge in [-0.15, -0.1) is 6.58 Å². The molecule has 0 aromatic heterocycles. The van der Waals surface area contributed by atoms with Crippen molar-refractivity contribution in [1.29, 1.82) is 0 Å². The average molecular weight is 469 g/mol. The largest absolute Gasteiger partial charge is 0.494 e. The lowest BCUT2D eigenvalue weighted by Gasteiger charge is -2.29. The van der Waals surface area contributed by atoms with Crippen molar-refractivity contribution in [3.8, 4) is 5.75 Å². The molecule has 2 aliphatic rings. The highest BCUT2D eigenvalue weighted by molar-refractivity contribution is 5.52. The number of hydrogen-bond donors (Lipinski definition) is 0. The van der Waals surface area contributed by atoms with E-state index >= 15 is 8.78 Å². The second-order valence-electron chi connectivity index (χ2n) is 9.81. The summed E-state index contributed by atoms with van der Waals surface area (Å²) in [5.74, 6) is -0.121. The third-order valence-corrected chi connectivity index (χ3v) is 7.73. The monoisotopic (exact) mass is 468 g/mol. The lowest BCUT2D eigenvalue weighted by atomic mass is 9.76. The number of hydrogen-bond acceptors (Lipinski definition) is 1. The van der Waals surface area contributed by atoms with E-state index in [1.165, 1.54) is 6.07 Å². The molecule has 0 bridgehead atoms. The van der Waals surface area contributed by atoms with Gasteiger partial charge in [0.05, 0.1) is 6.61 Å². The van der Waals surface area contributed by atoms with Gasteiger partial charge in [0.15, 0.2) is 11.6 Å². The molecule has 0 amide bonds. The van der Waals surface area contributed by atoms with Gasteiger partial charge in [0.25, 0.3) is 0 Å². The maximum Gasteiger partial charge on any atom is 0.162 e. The molecule has 2 aromatic carbocycles. The first-order valence-electron chi connectivity index (χ1n) is 12.7. The normalized spacial score (nSPS) is 25.4. The summed E-state index contributed by atoms with van der Waals surface area (Å²) in [5.41, 5.74) is 1.59.